The van der Waals surface area contributed by atoms with Gasteiger partial charge in [-0.05, 0) is 35.7 Å². The van der Waals surface area contributed by atoms with Gasteiger partial charge in [0.1, 0.15) is 5.75 Å². The summed E-state index contributed by atoms with van der Waals surface area (Å²) in [6.07, 6.45) is 1.43. The van der Waals surface area contributed by atoms with Crippen molar-refractivity contribution in [3.63, 3.8) is 0 Å². The van der Waals surface area contributed by atoms with E-state index in [1.54, 1.807) is 13.2 Å². The van der Waals surface area contributed by atoms with Crippen molar-refractivity contribution >= 4 is 15.7 Å². The van der Waals surface area contributed by atoms with E-state index in [9.17, 15) is 18.5 Å². The number of nitro groups is 1. The molecule has 3 aromatic rings. The lowest BCUT2D eigenvalue weighted by Gasteiger charge is -2.27. The van der Waals surface area contributed by atoms with E-state index in [0.717, 1.165) is 16.9 Å². The summed E-state index contributed by atoms with van der Waals surface area (Å²) in [6, 6.07) is 21.7. The number of rotatable bonds is 12. The topological polar surface area (TPSA) is 111 Å². The van der Waals surface area contributed by atoms with Crippen LogP contribution in [0, 0.1) is 10.1 Å². The molecule has 38 heavy (non-hydrogen) atoms. The number of ether oxygens (including phenoxy) is 2. The molecule has 1 heterocycles. The summed E-state index contributed by atoms with van der Waals surface area (Å²) in [4.78, 5) is 10.6. The van der Waals surface area contributed by atoms with E-state index < -0.39 is 32.8 Å². The Hall–Kier alpha value is -3.57. The zero-order valence-electron chi connectivity index (χ0n) is 21.1. The third-order valence-corrected chi connectivity index (χ3v) is 8.53. The van der Waals surface area contributed by atoms with Crippen molar-refractivity contribution in [3.8, 4) is 5.75 Å². The second-order valence-electron chi connectivity index (χ2n) is 8.99. The zero-order chi connectivity index (χ0) is 27.1. The van der Waals surface area contributed by atoms with Crippen LogP contribution in [0.1, 0.15) is 17.5 Å². The van der Waals surface area contributed by atoms with Gasteiger partial charge >= 0.3 is 0 Å². The molecule has 1 aliphatic rings. The van der Waals surface area contributed by atoms with Gasteiger partial charge in [-0.2, -0.15) is 4.31 Å². The lowest BCUT2D eigenvalue weighted by molar-refractivity contribution is -0.387. The first-order valence-electron chi connectivity index (χ1n) is 12.2. The molecular weight excluding hydrogens is 506 g/mol. The van der Waals surface area contributed by atoms with Crippen LogP contribution in [0.4, 0.5) is 5.69 Å². The second kappa shape index (κ2) is 12.3. The zero-order valence-corrected chi connectivity index (χ0v) is 21.9. The highest BCUT2D eigenvalue weighted by Gasteiger charge is 2.48. The highest BCUT2D eigenvalue weighted by molar-refractivity contribution is 7.89. The molecule has 1 aliphatic heterocycles. The summed E-state index contributed by atoms with van der Waals surface area (Å²) in [5, 5.41) is 15.1. The third-order valence-electron chi connectivity index (χ3n) is 6.59. The van der Waals surface area contributed by atoms with Gasteiger partial charge in [-0.3, -0.25) is 10.1 Å². The first kappa shape index (κ1) is 27.5. The lowest BCUT2D eigenvalue weighted by atomic mass is 10.0. The molecule has 0 amide bonds. The van der Waals surface area contributed by atoms with Gasteiger partial charge in [0, 0.05) is 25.2 Å². The third kappa shape index (κ3) is 6.11. The fourth-order valence-corrected chi connectivity index (χ4v) is 6.51. The average molecular weight is 538 g/mol. The Morgan fingerprint density at radius 2 is 1.74 bits per heavy atom. The van der Waals surface area contributed by atoms with Gasteiger partial charge < -0.3 is 14.8 Å². The number of nitro benzene ring substituents is 1. The van der Waals surface area contributed by atoms with Gasteiger partial charge in [0.25, 0.3) is 5.69 Å². The highest BCUT2D eigenvalue weighted by atomic mass is 32.2. The molecule has 0 radical (unpaired) electrons. The summed E-state index contributed by atoms with van der Waals surface area (Å²) >= 11 is 0. The SMILES string of the molecule is C=CC[C@@H]1[C@@H](OCc2ccc(OC)cc2)[C@@H](NCc2ccccc2)CN1S(=O)(=O)c1ccccc1[N+](=O)[O-]. The molecule has 0 spiro atoms. The lowest BCUT2D eigenvalue weighted by Crippen LogP contribution is -2.43. The van der Waals surface area contributed by atoms with Gasteiger partial charge in [0.15, 0.2) is 4.90 Å². The molecule has 10 heteroatoms. The molecule has 9 nitrogen and oxygen atoms in total. The predicted molar refractivity (Wildman–Crippen MR) is 144 cm³/mol. The summed E-state index contributed by atoms with van der Waals surface area (Å²) in [6.45, 7) is 4.68. The number of nitrogens with zero attached hydrogens (tertiary/aromatic N) is 2. The smallest absolute Gasteiger partial charge is 0.289 e. The number of sulfonamides is 1. The number of para-hydroxylation sites is 1. The number of hydrogen-bond acceptors (Lipinski definition) is 7. The molecule has 3 atom stereocenters. The van der Waals surface area contributed by atoms with E-state index in [1.807, 2.05) is 54.6 Å². The van der Waals surface area contributed by atoms with E-state index in [2.05, 4.69) is 11.9 Å². The van der Waals surface area contributed by atoms with Gasteiger partial charge in [-0.15, -0.1) is 6.58 Å². The van der Waals surface area contributed by atoms with Crippen LogP contribution in [-0.4, -0.2) is 49.5 Å². The van der Waals surface area contributed by atoms with Crippen LogP contribution in [0.3, 0.4) is 0 Å². The summed E-state index contributed by atoms with van der Waals surface area (Å²) in [5.74, 6) is 0.725. The van der Waals surface area contributed by atoms with Crippen molar-refractivity contribution in [2.45, 2.75) is 42.7 Å². The van der Waals surface area contributed by atoms with Gasteiger partial charge in [-0.1, -0.05) is 60.7 Å². The van der Waals surface area contributed by atoms with Crippen LogP contribution in [0.15, 0.2) is 96.4 Å². The minimum Gasteiger partial charge on any atom is -0.497 e. The van der Waals surface area contributed by atoms with Crippen LogP contribution in [0.25, 0.3) is 0 Å². The van der Waals surface area contributed by atoms with Crippen LogP contribution in [0.5, 0.6) is 5.75 Å². The van der Waals surface area contributed by atoms with Crippen LogP contribution >= 0.6 is 0 Å². The molecular formula is C28H31N3O6S. The maximum absolute atomic E-state index is 13.8. The molecule has 0 unspecified atom stereocenters. The van der Waals surface area contributed by atoms with Crippen LogP contribution < -0.4 is 10.1 Å². The molecule has 0 bridgehead atoms. The normalized spacial score (nSPS) is 19.8. The van der Waals surface area contributed by atoms with E-state index in [0.29, 0.717) is 13.0 Å². The predicted octanol–water partition coefficient (Wildman–Crippen LogP) is 4.30. The quantitative estimate of drug-likeness (QED) is 0.208. The second-order valence-corrected chi connectivity index (χ2v) is 10.8. The largest absolute Gasteiger partial charge is 0.497 e. The van der Waals surface area contributed by atoms with Crippen molar-refractivity contribution in [1.82, 2.24) is 9.62 Å². The molecule has 1 N–H and O–H groups in total. The van der Waals surface area contributed by atoms with Gasteiger partial charge in [0.05, 0.1) is 30.8 Å². The average Bonchev–Trinajstić information content (AvgIpc) is 3.29. The Bertz CT molecular complexity index is 1350. The minimum atomic E-state index is -4.22. The number of benzene rings is 3. The van der Waals surface area contributed by atoms with Crippen molar-refractivity contribution in [2.24, 2.45) is 0 Å². The van der Waals surface area contributed by atoms with E-state index >= 15 is 0 Å². The van der Waals surface area contributed by atoms with Crippen LogP contribution in [-0.2, 0) is 27.9 Å². The first-order chi connectivity index (χ1) is 18.3. The Morgan fingerprint density at radius 1 is 1.05 bits per heavy atom. The van der Waals surface area contributed by atoms with Gasteiger partial charge in [0.2, 0.25) is 10.0 Å². The standard InChI is InChI=1S/C28H31N3O6S/c1-3-9-26-28(37-20-22-14-16-23(36-2)17-15-22)24(29-18-21-10-5-4-6-11-21)19-30(26)38(34,35)27-13-8-7-12-25(27)31(32)33/h3-8,10-17,24,26,28-29H,1,9,18-20H2,2H3/t24-,26+,28-/m0/s1. The van der Waals surface area contributed by atoms with Gasteiger partial charge in [-0.25, -0.2) is 8.42 Å². The Morgan fingerprint density at radius 3 is 2.39 bits per heavy atom. The van der Waals surface area contributed by atoms with E-state index in [-0.39, 0.29) is 24.1 Å². The minimum absolute atomic E-state index is 0.0903. The fraction of sp³-hybridized carbons (Fsp3) is 0.286. The summed E-state index contributed by atoms with van der Waals surface area (Å²) in [7, 11) is -2.62. The molecule has 200 valence electrons. The highest BCUT2D eigenvalue weighted by Crippen LogP contribution is 2.34. The maximum Gasteiger partial charge on any atom is 0.289 e. The molecule has 1 fully saturated rings. The Kier molecular flexibility index (Phi) is 8.90. The molecule has 0 aliphatic carbocycles. The number of hydrogen-bond donors (Lipinski definition) is 1. The van der Waals surface area contributed by atoms with E-state index in [1.165, 1.54) is 28.6 Å². The maximum atomic E-state index is 13.8. The van der Waals surface area contributed by atoms with Crippen molar-refractivity contribution in [2.75, 3.05) is 13.7 Å². The Balaban J connectivity index is 1.65. The van der Waals surface area contributed by atoms with Crippen molar-refractivity contribution in [3.05, 3.63) is 113 Å². The monoisotopic (exact) mass is 537 g/mol. The number of nitrogens with one attached hydrogen (secondary N) is 1. The molecule has 1 saturated heterocycles. The summed E-state index contributed by atoms with van der Waals surface area (Å²) in [5.41, 5.74) is 1.49. The molecule has 3 aromatic carbocycles. The molecule has 0 saturated carbocycles. The van der Waals surface area contributed by atoms with E-state index in [4.69, 9.17) is 9.47 Å². The fourth-order valence-electron chi connectivity index (χ4n) is 4.68. The number of methoxy groups -OCH3 is 1. The Labute approximate surface area is 222 Å². The molecule has 4 rings (SSSR count). The van der Waals surface area contributed by atoms with Crippen molar-refractivity contribution < 1.29 is 22.8 Å². The van der Waals surface area contributed by atoms with Crippen LogP contribution in [0.2, 0.25) is 0 Å². The summed E-state index contributed by atoms with van der Waals surface area (Å²) < 4.78 is 40.6. The molecule has 0 aromatic heterocycles. The first-order valence-corrected chi connectivity index (χ1v) is 13.7. The van der Waals surface area contributed by atoms with Crippen molar-refractivity contribution in [1.29, 1.82) is 0 Å².